The monoisotopic (exact) mass is 245 g/mol. The van der Waals surface area contributed by atoms with Gasteiger partial charge in [0.25, 0.3) is 0 Å². The maximum absolute atomic E-state index is 13.1. The Bertz CT molecular complexity index is 658. The first-order valence-corrected chi connectivity index (χ1v) is 5.67. The van der Waals surface area contributed by atoms with Gasteiger partial charge in [-0.15, -0.1) is 0 Å². The minimum absolute atomic E-state index is 0.171. The normalized spacial score (nSPS) is 13.0. The maximum atomic E-state index is 13.1. The van der Waals surface area contributed by atoms with Crippen LogP contribution >= 0.6 is 0 Å². The number of benzene rings is 1. The van der Waals surface area contributed by atoms with Crippen molar-refractivity contribution in [2.75, 3.05) is 7.05 Å². The van der Waals surface area contributed by atoms with Crippen LogP contribution in [-0.4, -0.2) is 7.05 Å². The number of hydrogen-bond acceptors (Lipinski definition) is 3. The summed E-state index contributed by atoms with van der Waals surface area (Å²) in [4.78, 5) is 0. The molecule has 1 unspecified atom stereocenters. The molecule has 0 aliphatic rings. The first-order chi connectivity index (χ1) is 8.78. The minimum atomic E-state index is -0.270. The lowest BCUT2D eigenvalue weighted by atomic mass is 10.1. The third kappa shape index (κ3) is 1.80. The van der Waals surface area contributed by atoms with Crippen molar-refractivity contribution in [3.8, 4) is 0 Å². The van der Waals surface area contributed by atoms with Gasteiger partial charge in [-0.1, -0.05) is 0 Å². The number of rotatable bonds is 3. The van der Waals surface area contributed by atoms with E-state index in [9.17, 15) is 4.39 Å². The molecule has 0 amide bonds. The molecular formula is C14H12FNO2. The fourth-order valence-electron chi connectivity index (χ4n) is 2.06. The van der Waals surface area contributed by atoms with Crippen LogP contribution in [-0.2, 0) is 0 Å². The third-order valence-electron chi connectivity index (χ3n) is 2.90. The average Bonchev–Trinajstić information content (AvgIpc) is 2.98. The van der Waals surface area contributed by atoms with Gasteiger partial charge in [-0.05, 0) is 43.4 Å². The predicted molar refractivity (Wildman–Crippen MR) is 65.8 cm³/mol. The largest absolute Gasteiger partial charge is 0.467 e. The molecule has 1 atom stereocenters. The molecule has 2 aromatic heterocycles. The zero-order chi connectivity index (χ0) is 12.5. The molecule has 0 fully saturated rings. The Labute approximate surface area is 103 Å². The summed E-state index contributed by atoms with van der Waals surface area (Å²) < 4.78 is 24.2. The SMILES string of the molecule is CNC(c1ccco1)c1cc2cc(F)ccc2o1. The maximum Gasteiger partial charge on any atom is 0.134 e. The van der Waals surface area contributed by atoms with Gasteiger partial charge >= 0.3 is 0 Å². The van der Waals surface area contributed by atoms with Gasteiger partial charge in [0, 0.05) is 5.39 Å². The number of nitrogens with one attached hydrogen (secondary N) is 1. The standard InChI is InChI=1S/C14H12FNO2/c1-16-14(12-3-2-6-17-12)13-8-9-7-10(15)4-5-11(9)18-13/h2-8,14,16H,1H3. The van der Waals surface area contributed by atoms with Crippen molar-refractivity contribution < 1.29 is 13.2 Å². The Morgan fingerprint density at radius 2 is 2.06 bits per heavy atom. The molecule has 3 nitrogen and oxygen atoms in total. The highest BCUT2D eigenvalue weighted by molar-refractivity contribution is 5.78. The fraction of sp³-hybridized carbons (Fsp3) is 0.143. The lowest BCUT2D eigenvalue weighted by molar-refractivity contribution is 0.414. The highest BCUT2D eigenvalue weighted by Crippen LogP contribution is 2.28. The van der Waals surface area contributed by atoms with Crippen molar-refractivity contribution >= 4 is 11.0 Å². The molecule has 1 aromatic carbocycles. The Balaban J connectivity index is 2.07. The lowest BCUT2D eigenvalue weighted by Gasteiger charge is -2.09. The third-order valence-corrected chi connectivity index (χ3v) is 2.90. The molecule has 0 spiro atoms. The van der Waals surface area contributed by atoms with E-state index in [0.717, 1.165) is 11.1 Å². The Kier molecular flexibility index (Phi) is 2.64. The van der Waals surface area contributed by atoms with E-state index in [1.54, 1.807) is 12.3 Å². The molecular weight excluding hydrogens is 233 g/mol. The molecule has 0 aliphatic heterocycles. The van der Waals surface area contributed by atoms with E-state index < -0.39 is 0 Å². The topological polar surface area (TPSA) is 38.3 Å². The van der Waals surface area contributed by atoms with Gasteiger partial charge in [0.2, 0.25) is 0 Å². The summed E-state index contributed by atoms with van der Waals surface area (Å²) in [5, 5.41) is 3.86. The summed E-state index contributed by atoms with van der Waals surface area (Å²) >= 11 is 0. The van der Waals surface area contributed by atoms with Crippen LogP contribution in [0.3, 0.4) is 0 Å². The lowest BCUT2D eigenvalue weighted by Crippen LogP contribution is -2.16. The summed E-state index contributed by atoms with van der Waals surface area (Å²) in [7, 11) is 1.82. The molecule has 92 valence electrons. The van der Waals surface area contributed by atoms with Crippen LogP contribution in [0, 0.1) is 5.82 Å². The zero-order valence-corrected chi connectivity index (χ0v) is 9.81. The first kappa shape index (κ1) is 11.0. The smallest absolute Gasteiger partial charge is 0.134 e. The first-order valence-electron chi connectivity index (χ1n) is 5.67. The molecule has 18 heavy (non-hydrogen) atoms. The molecule has 1 N–H and O–H groups in total. The van der Waals surface area contributed by atoms with Gasteiger partial charge in [-0.25, -0.2) is 4.39 Å². The quantitative estimate of drug-likeness (QED) is 0.767. The predicted octanol–water partition coefficient (Wildman–Crippen LogP) is 3.47. The van der Waals surface area contributed by atoms with Crippen molar-refractivity contribution in [1.82, 2.24) is 5.32 Å². The zero-order valence-electron chi connectivity index (χ0n) is 9.81. The summed E-state index contributed by atoms with van der Waals surface area (Å²) in [6.07, 6.45) is 1.61. The summed E-state index contributed by atoms with van der Waals surface area (Å²) in [6.45, 7) is 0. The Hall–Kier alpha value is -2.07. The van der Waals surface area contributed by atoms with Crippen LogP contribution in [0.1, 0.15) is 17.6 Å². The Morgan fingerprint density at radius 1 is 1.17 bits per heavy atom. The van der Waals surface area contributed by atoms with Crippen molar-refractivity contribution in [3.05, 3.63) is 60.0 Å². The summed E-state index contributed by atoms with van der Waals surface area (Å²) in [5.74, 6) is 1.19. The minimum Gasteiger partial charge on any atom is -0.467 e. The van der Waals surface area contributed by atoms with E-state index in [1.165, 1.54) is 12.1 Å². The van der Waals surface area contributed by atoms with Crippen LogP contribution < -0.4 is 5.32 Å². The van der Waals surface area contributed by atoms with E-state index in [-0.39, 0.29) is 11.9 Å². The second-order valence-corrected chi connectivity index (χ2v) is 4.07. The molecule has 0 bridgehead atoms. The van der Waals surface area contributed by atoms with Crippen LogP contribution in [0.15, 0.2) is 51.5 Å². The van der Waals surface area contributed by atoms with Crippen LogP contribution in [0.2, 0.25) is 0 Å². The average molecular weight is 245 g/mol. The molecule has 3 aromatic rings. The van der Waals surface area contributed by atoms with Crippen LogP contribution in [0.5, 0.6) is 0 Å². The molecule has 0 aliphatic carbocycles. The second-order valence-electron chi connectivity index (χ2n) is 4.07. The van der Waals surface area contributed by atoms with E-state index in [1.807, 2.05) is 25.2 Å². The van der Waals surface area contributed by atoms with E-state index in [2.05, 4.69) is 5.32 Å². The van der Waals surface area contributed by atoms with Crippen molar-refractivity contribution in [3.63, 3.8) is 0 Å². The summed E-state index contributed by atoms with van der Waals surface area (Å²) in [5.41, 5.74) is 0.665. The number of fused-ring (bicyclic) bond motifs is 1. The highest BCUT2D eigenvalue weighted by atomic mass is 19.1. The summed E-state index contributed by atoms with van der Waals surface area (Å²) in [6, 6.07) is 9.81. The van der Waals surface area contributed by atoms with Crippen molar-refractivity contribution in [2.24, 2.45) is 0 Å². The highest BCUT2D eigenvalue weighted by Gasteiger charge is 2.19. The van der Waals surface area contributed by atoms with Gasteiger partial charge in [0.15, 0.2) is 0 Å². The fourth-order valence-corrected chi connectivity index (χ4v) is 2.06. The number of hydrogen-bond donors (Lipinski definition) is 1. The van der Waals surface area contributed by atoms with E-state index in [0.29, 0.717) is 11.3 Å². The van der Waals surface area contributed by atoms with Gasteiger partial charge in [0.05, 0.1) is 6.26 Å². The van der Waals surface area contributed by atoms with E-state index >= 15 is 0 Å². The molecule has 0 saturated carbocycles. The van der Waals surface area contributed by atoms with Crippen molar-refractivity contribution in [2.45, 2.75) is 6.04 Å². The molecule has 2 heterocycles. The van der Waals surface area contributed by atoms with Crippen molar-refractivity contribution in [1.29, 1.82) is 0 Å². The van der Waals surface area contributed by atoms with Gasteiger partial charge in [0.1, 0.15) is 29.0 Å². The van der Waals surface area contributed by atoms with E-state index in [4.69, 9.17) is 8.83 Å². The molecule has 0 radical (unpaired) electrons. The Morgan fingerprint density at radius 3 is 2.78 bits per heavy atom. The number of halogens is 1. The van der Waals surface area contributed by atoms with Gasteiger partial charge in [-0.2, -0.15) is 0 Å². The van der Waals surface area contributed by atoms with Crippen LogP contribution in [0.25, 0.3) is 11.0 Å². The second kappa shape index (κ2) is 4.31. The molecule has 4 heteroatoms. The number of furan rings is 2. The molecule has 3 rings (SSSR count). The molecule has 0 saturated heterocycles. The van der Waals surface area contributed by atoms with Gasteiger partial charge < -0.3 is 14.2 Å². The van der Waals surface area contributed by atoms with Gasteiger partial charge in [-0.3, -0.25) is 0 Å². The van der Waals surface area contributed by atoms with Crippen LogP contribution in [0.4, 0.5) is 4.39 Å².